The maximum absolute atomic E-state index is 11.6. The van der Waals surface area contributed by atoms with Gasteiger partial charge in [-0.15, -0.1) is 0 Å². The average molecular weight is 266 g/mol. The van der Waals surface area contributed by atoms with E-state index in [4.69, 9.17) is 10.5 Å². The molecule has 1 aromatic carbocycles. The van der Waals surface area contributed by atoms with Crippen LogP contribution in [0.2, 0.25) is 0 Å². The predicted octanol–water partition coefficient (Wildman–Crippen LogP) is 0.328. The lowest BCUT2D eigenvalue weighted by molar-refractivity contribution is -0.139. The molecule has 0 bridgehead atoms. The first kappa shape index (κ1) is 15.6. The average Bonchev–Trinajstić information content (AvgIpc) is 2.39. The highest BCUT2D eigenvalue weighted by atomic mass is 16.5. The van der Waals surface area contributed by atoms with Gasteiger partial charge in [-0.25, -0.2) is 0 Å². The van der Waals surface area contributed by atoms with Crippen molar-refractivity contribution < 1.29 is 14.6 Å². The Labute approximate surface area is 114 Å². The van der Waals surface area contributed by atoms with E-state index in [0.717, 1.165) is 0 Å². The monoisotopic (exact) mass is 266 g/mol. The summed E-state index contributed by atoms with van der Waals surface area (Å²) >= 11 is 0. The van der Waals surface area contributed by atoms with Crippen molar-refractivity contribution in [1.82, 2.24) is 4.90 Å². The molecular formula is C14H22N2O3. The van der Waals surface area contributed by atoms with Gasteiger partial charge in [0, 0.05) is 19.7 Å². The fourth-order valence-corrected chi connectivity index (χ4v) is 1.86. The lowest BCUT2D eigenvalue weighted by Gasteiger charge is -2.30. The van der Waals surface area contributed by atoms with Crippen molar-refractivity contribution >= 4 is 5.91 Å². The zero-order valence-electron chi connectivity index (χ0n) is 11.5. The van der Waals surface area contributed by atoms with E-state index in [1.54, 1.807) is 24.3 Å². The first-order chi connectivity index (χ1) is 9.00. The number of aliphatic hydroxyl groups is 1. The van der Waals surface area contributed by atoms with E-state index in [1.165, 1.54) is 0 Å². The van der Waals surface area contributed by atoms with E-state index in [1.807, 2.05) is 24.9 Å². The van der Waals surface area contributed by atoms with Gasteiger partial charge in [0.05, 0.1) is 6.61 Å². The third-order valence-electron chi connectivity index (χ3n) is 2.98. The predicted molar refractivity (Wildman–Crippen MR) is 73.5 cm³/mol. The molecule has 1 rings (SSSR count). The minimum atomic E-state index is -1.68. The molecule has 3 N–H and O–H groups in total. The molecule has 0 heterocycles. The van der Waals surface area contributed by atoms with Gasteiger partial charge in [-0.2, -0.15) is 0 Å². The zero-order chi connectivity index (χ0) is 14.3. The Balaban J connectivity index is 2.75. The van der Waals surface area contributed by atoms with E-state index < -0.39 is 11.5 Å². The van der Waals surface area contributed by atoms with E-state index in [2.05, 4.69) is 0 Å². The molecule has 0 aliphatic carbocycles. The summed E-state index contributed by atoms with van der Waals surface area (Å²) in [5.74, 6) is -0.748. The maximum atomic E-state index is 11.6. The van der Waals surface area contributed by atoms with Crippen LogP contribution in [-0.4, -0.2) is 49.3 Å². The van der Waals surface area contributed by atoms with E-state index >= 15 is 0 Å². The first-order valence-electron chi connectivity index (χ1n) is 6.34. The zero-order valence-corrected chi connectivity index (χ0v) is 11.5. The van der Waals surface area contributed by atoms with Gasteiger partial charge in [0.15, 0.2) is 5.60 Å². The Hall–Kier alpha value is -1.43. The number of primary amides is 1. The van der Waals surface area contributed by atoms with Gasteiger partial charge in [0.2, 0.25) is 0 Å². The van der Waals surface area contributed by atoms with Crippen LogP contribution in [0, 0.1) is 0 Å². The lowest BCUT2D eigenvalue weighted by atomic mass is 9.92. The van der Waals surface area contributed by atoms with Gasteiger partial charge in [-0.3, -0.25) is 4.79 Å². The number of likely N-dealkylation sites (N-methyl/N-ethyl adjacent to an activating group) is 1. The summed E-state index contributed by atoms with van der Waals surface area (Å²) in [5, 5.41) is 10.5. The number of rotatable bonds is 8. The van der Waals surface area contributed by atoms with Crippen molar-refractivity contribution in [3.05, 3.63) is 35.9 Å². The van der Waals surface area contributed by atoms with Gasteiger partial charge in [-0.1, -0.05) is 30.3 Å². The highest BCUT2D eigenvalue weighted by Gasteiger charge is 2.36. The maximum Gasteiger partial charge on any atom is 0.255 e. The molecule has 5 nitrogen and oxygen atoms in total. The molecule has 1 aromatic rings. The van der Waals surface area contributed by atoms with E-state index in [-0.39, 0.29) is 6.54 Å². The number of amides is 1. The van der Waals surface area contributed by atoms with Crippen LogP contribution in [-0.2, 0) is 15.1 Å². The van der Waals surface area contributed by atoms with Crippen molar-refractivity contribution in [3.63, 3.8) is 0 Å². The highest BCUT2D eigenvalue weighted by molar-refractivity contribution is 5.85. The SMILES string of the molecule is CCOCCN(C)C[C@](O)(C(N)=O)c1ccccc1. The van der Waals surface area contributed by atoms with E-state index in [0.29, 0.717) is 25.3 Å². The standard InChI is InChI=1S/C14H22N2O3/c1-3-19-10-9-16(2)11-14(18,13(15)17)12-7-5-4-6-8-12/h4-8,18H,3,9-11H2,1-2H3,(H2,15,17)/t14-/m1/s1. The molecule has 0 fully saturated rings. The summed E-state index contributed by atoms with van der Waals surface area (Å²) in [7, 11) is 1.82. The van der Waals surface area contributed by atoms with Crippen LogP contribution in [0.25, 0.3) is 0 Å². The minimum absolute atomic E-state index is 0.138. The molecule has 0 saturated carbocycles. The summed E-state index contributed by atoms with van der Waals surface area (Å²) in [5.41, 5.74) is 4.19. The van der Waals surface area contributed by atoms with Crippen molar-refractivity contribution in [3.8, 4) is 0 Å². The quantitative estimate of drug-likeness (QED) is 0.665. The Morgan fingerprint density at radius 2 is 2.05 bits per heavy atom. The Kier molecular flexibility index (Phi) is 5.95. The van der Waals surface area contributed by atoms with E-state index in [9.17, 15) is 9.90 Å². The number of nitrogens with two attached hydrogens (primary N) is 1. The normalized spacial score (nSPS) is 14.3. The molecule has 0 aliphatic heterocycles. The number of hydrogen-bond donors (Lipinski definition) is 2. The van der Waals surface area contributed by atoms with Crippen LogP contribution >= 0.6 is 0 Å². The fourth-order valence-electron chi connectivity index (χ4n) is 1.86. The molecule has 0 aromatic heterocycles. The summed E-state index contributed by atoms with van der Waals surface area (Å²) < 4.78 is 5.25. The van der Waals surface area contributed by atoms with Crippen LogP contribution in [0.3, 0.4) is 0 Å². The molecule has 5 heteroatoms. The molecule has 106 valence electrons. The minimum Gasteiger partial charge on any atom is -0.380 e. The number of hydrogen-bond acceptors (Lipinski definition) is 4. The number of carbonyl (C=O) groups is 1. The van der Waals surface area contributed by atoms with Crippen LogP contribution in [0.5, 0.6) is 0 Å². The molecule has 0 unspecified atom stereocenters. The Morgan fingerprint density at radius 3 is 2.58 bits per heavy atom. The van der Waals surface area contributed by atoms with Gasteiger partial charge in [-0.05, 0) is 19.5 Å². The van der Waals surface area contributed by atoms with Gasteiger partial charge in [0.1, 0.15) is 0 Å². The first-order valence-corrected chi connectivity index (χ1v) is 6.34. The molecule has 0 saturated heterocycles. The summed E-state index contributed by atoms with van der Waals surface area (Å²) in [6.45, 7) is 3.88. The second kappa shape index (κ2) is 7.23. The Morgan fingerprint density at radius 1 is 1.42 bits per heavy atom. The molecule has 1 atom stereocenters. The van der Waals surface area contributed by atoms with Crippen molar-refractivity contribution in [2.45, 2.75) is 12.5 Å². The number of carbonyl (C=O) groups excluding carboxylic acids is 1. The molecule has 0 spiro atoms. The van der Waals surface area contributed by atoms with Crippen LogP contribution < -0.4 is 5.73 Å². The second-order valence-electron chi connectivity index (χ2n) is 4.53. The molecular weight excluding hydrogens is 244 g/mol. The van der Waals surface area contributed by atoms with Gasteiger partial charge >= 0.3 is 0 Å². The second-order valence-corrected chi connectivity index (χ2v) is 4.53. The van der Waals surface area contributed by atoms with Gasteiger partial charge < -0.3 is 20.5 Å². The summed E-state index contributed by atoms with van der Waals surface area (Å²) in [6, 6.07) is 8.75. The van der Waals surface area contributed by atoms with Crippen molar-refractivity contribution in [1.29, 1.82) is 0 Å². The molecule has 0 aliphatic rings. The summed E-state index contributed by atoms with van der Waals surface area (Å²) in [6.07, 6.45) is 0. The molecule has 19 heavy (non-hydrogen) atoms. The third kappa shape index (κ3) is 4.31. The summed E-state index contributed by atoms with van der Waals surface area (Å²) in [4.78, 5) is 13.4. The largest absolute Gasteiger partial charge is 0.380 e. The van der Waals surface area contributed by atoms with Crippen molar-refractivity contribution in [2.24, 2.45) is 5.73 Å². The smallest absolute Gasteiger partial charge is 0.255 e. The molecule has 0 radical (unpaired) electrons. The Bertz CT molecular complexity index is 397. The molecule has 1 amide bonds. The van der Waals surface area contributed by atoms with Gasteiger partial charge in [0.25, 0.3) is 5.91 Å². The number of nitrogens with zero attached hydrogens (tertiary/aromatic N) is 1. The lowest BCUT2D eigenvalue weighted by Crippen LogP contribution is -2.49. The van der Waals surface area contributed by atoms with Crippen LogP contribution in [0.1, 0.15) is 12.5 Å². The number of ether oxygens (including phenoxy) is 1. The topological polar surface area (TPSA) is 75.8 Å². The number of benzene rings is 1. The highest BCUT2D eigenvalue weighted by Crippen LogP contribution is 2.21. The fraction of sp³-hybridized carbons (Fsp3) is 0.500. The van der Waals surface area contributed by atoms with Crippen molar-refractivity contribution in [2.75, 3.05) is 33.4 Å². The third-order valence-corrected chi connectivity index (χ3v) is 2.98. The van der Waals surface area contributed by atoms with Crippen LogP contribution in [0.4, 0.5) is 0 Å². The van der Waals surface area contributed by atoms with Crippen LogP contribution in [0.15, 0.2) is 30.3 Å².